The lowest BCUT2D eigenvalue weighted by Crippen LogP contribution is -2.16. The average molecular weight is 269 g/mol. The average Bonchev–Trinajstić information content (AvgIpc) is 2.77. The van der Waals surface area contributed by atoms with E-state index in [0.29, 0.717) is 5.15 Å². The summed E-state index contributed by atoms with van der Waals surface area (Å²) in [6.07, 6.45) is 0. The van der Waals surface area contributed by atoms with Gasteiger partial charge in [0, 0.05) is 24.5 Å². The number of anilines is 1. The Morgan fingerprint density at radius 2 is 2.18 bits per heavy atom. The minimum Gasteiger partial charge on any atom is -0.496 e. The van der Waals surface area contributed by atoms with Crippen molar-refractivity contribution in [3.63, 3.8) is 0 Å². The van der Waals surface area contributed by atoms with Gasteiger partial charge in [-0.3, -0.25) is 0 Å². The smallest absolute Gasteiger partial charge is 0.186 e. The Hall–Kier alpha value is -1.26. The van der Waals surface area contributed by atoms with Gasteiger partial charge in [0.1, 0.15) is 10.9 Å². The number of rotatable bonds is 4. The highest BCUT2D eigenvalue weighted by atomic mass is 35.5. The molecule has 0 bridgehead atoms. The molecule has 0 fully saturated rings. The van der Waals surface area contributed by atoms with Gasteiger partial charge in [-0.2, -0.15) is 0 Å². The van der Waals surface area contributed by atoms with Crippen molar-refractivity contribution in [3.05, 3.63) is 40.4 Å². The summed E-state index contributed by atoms with van der Waals surface area (Å²) in [5.41, 5.74) is 1.13. The first-order chi connectivity index (χ1) is 8.20. The fourth-order valence-electron chi connectivity index (χ4n) is 1.58. The number of benzene rings is 1. The molecule has 0 aliphatic heterocycles. The van der Waals surface area contributed by atoms with Gasteiger partial charge >= 0.3 is 0 Å². The molecule has 5 heteroatoms. The van der Waals surface area contributed by atoms with E-state index < -0.39 is 0 Å². The van der Waals surface area contributed by atoms with E-state index in [1.807, 2.05) is 36.7 Å². The Bertz CT molecular complexity index is 501. The molecule has 1 heterocycles. The Labute approximate surface area is 110 Å². The number of methoxy groups -OCH3 is 1. The Kier molecular flexibility index (Phi) is 3.86. The molecule has 0 unspecified atom stereocenters. The summed E-state index contributed by atoms with van der Waals surface area (Å²) < 4.78 is 5.32. The summed E-state index contributed by atoms with van der Waals surface area (Å²) in [5, 5.41) is 3.27. The molecule has 3 nitrogen and oxygen atoms in total. The molecule has 0 aliphatic rings. The van der Waals surface area contributed by atoms with E-state index in [1.54, 1.807) is 7.11 Å². The highest BCUT2D eigenvalue weighted by molar-refractivity contribution is 7.14. The van der Waals surface area contributed by atoms with Crippen LogP contribution in [0.2, 0.25) is 5.15 Å². The van der Waals surface area contributed by atoms with Crippen LogP contribution in [0, 0.1) is 0 Å². The highest BCUT2D eigenvalue weighted by Gasteiger charge is 2.09. The highest BCUT2D eigenvalue weighted by Crippen LogP contribution is 2.25. The van der Waals surface area contributed by atoms with Crippen LogP contribution in [-0.2, 0) is 6.54 Å². The summed E-state index contributed by atoms with van der Waals surface area (Å²) in [7, 11) is 3.67. The van der Waals surface area contributed by atoms with Gasteiger partial charge < -0.3 is 9.64 Å². The van der Waals surface area contributed by atoms with Gasteiger partial charge in [0.25, 0.3) is 0 Å². The molecular weight excluding hydrogens is 256 g/mol. The molecule has 1 aromatic carbocycles. The lowest BCUT2D eigenvalue weighted by Gasteiger charge is -2.17. The summed E-state index contributed by atoms with van der Waals surface area (Å²) in [6.45, 7) is 0.744. The first kappa shape index (κ1) is 12.2. The third-order valence-electron chi connectivity index (χ3n) is 2.39. The molecule has 0 radical (unpaired) electrons. The monoisotopic (exact) mass is 268 g/mol. The summed E-state index contributed by atoms with van der Waals surface area (Å²) in [4.78, 5) is 6.28. The molecule has 17 heavy (non-hydrogen) atoms. The van der Waals surface area contributed by atoms with Gasteiger partial charge in [-0.05, 0) is 6.07 Å². The fraction of sp³-hybridized carbons (Fsp3) is 0.250. The number of aromatic nitrogens is 1. The van der Waals surface area contributed by atoms with Crippen molar-refractivity contribution in [3.8, 4) is 5.75 Å². The number of halogens is 1. The quantitative estimate of drug-likeness (QED) is 0.849. The molecular formula is C12H13ClN2OS. The van der Waals surface area contributed by atoms with Gasteiger partial charge in [0.2, 0.25) is 0 Å². The van der Waals surface area contributed by atoms with Crippen LogP contribution in [-0.4, -0.2) is 19.1 Å². The molecule has 0 spiro atoms. The minimum atomic E-state index is 0.539. The standard InChI is InChI=1S/C12H13ClN2OS/c1-15(12-14-11(13)8-17-12)7-9-5-3-4-6-10(9)16-2/h3-6,8H,7H2,1-2H3. The van der Waals surface area contributed by atoms with Crippen LogP contribution in [0.4, 0.5) is 5.13 Å². The molecule has 0 aliphatic carbocycles. The van der Waals surface area contributed by atoms with Gasteiger partial charge in [-0.1, -0.05) is 29.8 Å². The Balaban J connectivity index is 2.15. The third-order valence-corrected chi connectivity index (χ3v) is 3.67. The lowest BCUT2D eigenvalue weighted by atomic mass is 10.2. The van der Waals surface area contributed by atoms with Crippen LogP contribution in [0.3, 0.4) is 0 Å². The normalized spacial score (nSPS) is 10.3. The third kappa shape index (κ3) is 2.90. The van der Waals surface area contributed by atoms with Crippen molar-refractivity contribution in [2.45, 2.75) is 6.54 Å². The van der Waals surface area contributed by atoms with E-state index in [0.717, 1.165) is 23.0 Å². The molecule has 0 atom stereocenters. The summed E-state index contributed by atoms with van der Waals surface area (Å²) >= 11 is 7.35. The molecule has 0 saturated carbocycles. The zero-order chi connectivity index (χ0) is 12.3. The number of nitrogens with zero attached hydrogens (tertiary/aromatic N) is 2. The van der Waals surface area contributed by atoms with Crippen molar-refractivity contribution in [1.82, 2.24) is 4.98 Å². The predicted molar refractivity (Wildman–Crippen MR) is 72.2 cm³/mol. The van der Waals surface area contributed by atoms with Gasteiger partial charge in [-0.15, -0.1) is 11.3 Å². The molecule has 0 saturated heterocycles. The molecule has 2 rings (SSSR count). The maximum absolute atomic E-state index is 5.81. The van der Waals surface area contributed by atoms with Gasteiger partial charge in [-0.25, -0.2) is 4.98 Å². The molecule has 0 N–H and O–H groups in total. The first-order valence-electron chi connectivity index (χ1n) is 5.15. The molecule has 0 amide bonds. The van der Waals surface area contributed by atoms with Crippen molar-refractivity contribution >= 4 is 28.1 Å². The second kappa shape index (κ2) is 5.38. The van der Waals surface area contributed by atoms with Crippen molar-refractivity contribution < 1.29 is 4.74 Å². The number of hydrogen-bond acceptors (Lipinski definition) is 4. The van der Waals surface area contributed by atoms with Gasteiger partial charge in [0.05, 0.1) is 7.11 Å². The summed E-state index contributed by atoms with van der Waals surface area (Å²) in [5.74, 6) is 0.891. The Morgan fingerprint density at radius 1 is 1.41 bits per heavy atom. The van der Waals surface area contributed by atoms with E-state index in [1.165, 1.54) is 11.3 Å². The zero-order valence-electron chi connectivity index (χ0n) is 9.68. The second-order valence-electron chi connectivity index (χ2n) is 3.62. The number of thiazole rings is 1. The molecule has 2 aromatic rings. The zero-order valence-corrected chi connectivity index (χ0v) is 11.3. The largest absolute Gasteiger partial charge is 0.496 e. The second-order valence-corrected chi connectivity index (χ2v) is 4.84. The number of hydrogen-bond donors (Lipinski definition) is 0. The van der Waals surface area contributed by atoms with Crippen LogP contribution in [0.15, 0.2) is 29.6 Å². The van der Waals surface area contributed by atoms with Gasteiger partial charge in [0.15, 0.2) is 5.13 Å². The van der Waals surface area contributed by atoms with Crippen molar-refractivity contribution in [2.75, 3.05) is 19.1 Å². The number of ether oxygens (including phenoxy) is 1. The fourth-order valence-corrected chi connectivity index (χ4v) is 2.49. The van der Waals surface area contributed by atoms with E-state index >= 15 is 0 Å². The Morgan fingerprint density at radius 3 is 2.82 bits per heavy atom. The van der Waals surface area contributed by atoms with E-state index in [-0.39, 0.29) is 0 Å². The van der Waals surface area contributed by atoms with Crippen LogP contribution in [0.25, 0.3) is 0 Å². The predicted octanol–water partition coefficient (Wildman–Crippen LogP) is 3.44. The SMILES string of the molecule is COc1ccccc1CN(C)c1nc(Cl)cs1. The van der Waals surface area contributed by atoms with Crippen LogP contribution in [0.5, 0.6) is 5.75 Å². The maximum Gasteiger partial charge on any atom is 0.186 e. The molecule has 90 valence electrons. The van der Waals surface area contributed by atoms with E-state index in [4.69, 9.17) is 16.3 Å². The van der Waals surface area contributed by atoms with Crippen LogP contribution >= 0.6 is 22.9 Å². The lowest BCUT2D eigenvalue weighted by molar-refractivity contribution is 0.409. The topological polar surface area (TPSA) is 25.4 Å². The van der Waals surface area contributed by atoms with Crippen LogP contribution < -0.4 is 9.64 Å². The van der Waals surface area contributed by atoms with Crippen molar-refractivity contribution in [1.29, 1.82) is 0 Å². The number of para-hydroxylation sites is 1. The van der Waals surface area contributed by atoms with Crippen molar-refractivity contribution in [2.24, 2.45) is 0 Å². The molecule has 1 aromatic heterocycles. The summed E-state index contributed by atoms with van der Waals surface area (Å²) in [6, 6.07) is 7.96. The maximum atomic E-state index is 5.81. The van der Waals surface area contributed by atoms with Crippen LogP contribution in [0.1, 0.15) is 5.56 Å². The minimum absolute atomic E-state index is 0.539. The van der Waals surface area contributed by atoms with E-state index in [9.17, 15) is 0 Å². The first-order valence-corrected chi connectivity index (χ1v) is 6.40. The van der Waals surface area contributed by atoms with E-state index in [2.05, 4.69) is 9.88 Å².